The molecule has 0 radical (unpaired) electrons. The first-order chi connectivity index (χ1) is 11.6. The van der Waals surface area contributed by atoms with Crippen molar-refractivity contribution in [3.63, 3.8) is 0 Å². The van der Waals surface area contributed by atoms with Gasteiger partial charge in [-0.25, -0.2) is 0 Å². The fraction of sp³-hybridized carbons (Fsp3) is 0.421. The lowest BCUT2D eigenvalue weighted by Gasteiger charge is -2.18. The van der Waals surface area contributed by atoms with Crippen LogP contribution < -0.4 is 9.47 Å². The van der Waals surface area contributed by atoms with E-state index in [0.717, 1.165) is 35.7 Å². The molecule has 130 valence electrons. The van der Waals surface area contributed by atoms with Crippen LogP contribution in [0.3, 0.4) is 0 Å². The van der Waals surface area contributed by atoms with Gasteiger partial charge in [0, 0.05) is 25.5 Å². The number of nitrogens with zero attached hydrogens (tertiary/aromatic N) is 3. The third kappa shape index (κ3) is 5.51. The average Bonchev–Trinajstić information content (AvgIpc) is 2.55. The molecule has 0 saturated heterocycles. The summed E-state index contributed by atoms with van der Waals surface area (Å²) in [5.74, 6) is 1.68. The van der Waals surface area contributed by atoms with E-state index >= 15 is 0 Å². The summed E-state index contributed by atoms with van der Waals surface area (Å²) in [6.45, 7) is 2.99. The molecular formula is C19H27N3O2. The minimum absolute atomic E-state index is 0.631. The molecule has 0 aliphatic rings. The standard InChI is InChI=1S/C19H27N3O2/c1-21(2)12-14-23-17-6-5-7-18(24-15-13-22(3)4)19(17)16-8-10-20-11-9-16/h5-11H,12-15H2,1-4H3. The van der Waals surface area contributed by atoms with Crippen LogP contribution in [0, 0.1) is 0 Å². The monoisotopic (exact) mass is 329 g/mol. The maximum absolute atomic E-state index is 6.02. The van der Waals surface area contributed by atoms with Crippen molar-refractivity contribution in [2.24, 2.45) is 0 Å². The maximum Gasteiger partial charge on any atom is 0.130 e. The van der Waals surface area contributed by atoms with Gasteiger partial charge in [-0.2, -0.15) is 0 Å². The van der Waals surface area contributed by atoms with Crippen LogP contribution in [-0.2, 0) is 0 Å². The van der Waals surface area contributed by atoms with Gasteiger partial charge in [-0.05, 0) is 58.0 Å². The molecule has 0 atom stereocenters. The summed E-state index contributed by atoms with van der Waals surface area (Å²) < 4.78 is 12.0. The quantitative estimate of drug-likeness (QED) is 0.707. The first kappa shape index (κ1) is 18.2. The fourth-order valence-corrected chi connectivity index (χ4v) is 2.23. The summed E-state index contributed by atoms with van der Waals surface area (Å²) in [5, 5.41) is 0. The molecule has 0 fully saturated rings. The third-order valence-corrected chi connectivity index (χ3v) is 3.55. The van der Waals surface area contributed by atoms with E-state index in [9.17, 15) is 0 Å². The van der Waals surface area contributed by atoms with Crippen LogP contribution in [0.25, 0.3) is 11.1 Å². The molecule has 0 saturated carbocycles. The SMILES string of the molecule is CN(C)CCOc1cccc(OCCN(C)C)c1-c1ccncc1. The van der Waals surface area contributed by atoms with E-state index in [1.54, 1.807) is 12.4 Å². The zero-order valence-electron chi connectivity index (χ0n) is 15.0. The van der Waals surface area contributed by atoms with Gasteiger partial charge >= 0.3 is 0 Å². The normalized spacial score (nSPS) is 11.1. The average molecular weight is 329 g/mol. The number of aromatic nitrogens is 1. The van der Waals surface area contributed by atoms with Crippen LogP contribution >= 0.6 is 0 Å². The summed E-state index contributed by atoms with van der Waals surface area (Å²) in [6.07, 6.45) is 3.57. The summed E-state index contributed by atoms with van der Waals surface area (Å²) >= 11 is 0. The molecule has 2 rings (SSSR count). The Hall–Kier alpha value is -2.11. The van der Waals surface area contributed by atoms with E-state index in [1.165, 1.54) is 0 Å². The minimum atomic E-state index is 0.631. The van der Waals surface area contributed by atoms with E-state index in [1.807, 2.05) is 58.5 Å². The Balaban J connectivity index is 2.25. The molecule has 0 N–H and O–H groups in total. The molecule has 5 heteroatoms. The highest BCUT2D eigenvalue weighted by Crippen LogP contribution is 2.38. The summed E-state index contributed by atoms with van der Waals surface area (Å²) in [4.78, 5) is 8.31. The Kier molecular flexibility index (Phi) is 7.03. The Morgan fingerprint density at radius 2 is 1.29 bits per heavy atom. The van der Waals surface area contributed by atoms with Crippen molar-refractivity contribution in [1.82, 2.24) is 14.8 Å². The van der Waals surface area contributed by atoms with Crippen LogP contribution in [0.2, 0.25) is 0 Å². The summed E-state index contributed by atoms with van der Waals surface area (Å²) in [5.41, 5.74) is 2.03. The van der Waals surface area contributed by atoms with Crippen LogP contribution in [0.4, 0.5) is 0 Å². The van der Waals surface area contributed by atoms with Crippen LogP contribution in [0.5, 0.6) is 11.5 Å². The summed E-state index contributed by atoms with van der Waals surface area (Å²) in [6, 6.07) is 9.91. The van der Waals surface area contributed by atoms with Gasteiger partial charge in [-0.3, -0.25) is 4.98 Å². The van der Waals surface area contributed by atoms with Gasteiger partial charge in [-0.1, -0.05) is 6.07 Å². The Morgan fingerprint density at radius 1 is 0.792 bits per heavy atom. The van der Waals surface area contributed by atoms with E-state index < -0.39 is 0 Å². The minimum Gasteiger partial charge on any atom is -0.491 e. The molecule has 0 amide bonds. The fourth-order valence-electron chi connectivity index (χ4n) is 2.23. The number of benzene rings is 1. The molecule has 0 aliphatic carbocycles. The molecule has 1 aromatic heterocycles. The second kappa shape index (κ2) is 9.25. The van der Waals surface area contributed by atoms with Crippen molar-refractivity contribution >= 4 is 0 Å². The smallest absolute Gasteiger partial charge is 0.130 e. The number of likely N-dealkylation sites (N-methyl/N-ethyl adjacent to an activating group) is 2. The molecule has 5 nitrogen and oxygen atoms in total. The lowest BCUT2D eigenvalue weighted by atomic mass is 10.0. The van der Waals surface area contributed by atoms with Crippen molar-refractivity contribution in [3.8, 4) is 22.6 Å². The van der Waals surface area contributed by atoms with Crippen molar-refractivity contribution in [1.29, 1.82) is 0 Å². The highest BCUT2D eigenvalue weighted by molar-refractivity contribution is 5.76. The molecule has 0 spiro atoms. The van der Waals surface area contributed by atoms with Crippen LogP contribution in [0.1, 0.15) is 0 Å². The highest BCUT2D eigenvalue weighted by Gasteiger charge is 2.13. The molecule has 0 aliphatic heterocycles. The van der Waals surface area contributed by atoms with Gasteiger partial charge in [0.2, 0.25) is 0 Å². The zero-order valence-corrected chi connectivity index (χ0v) is 15.0. The van der Waals surface area contributed by atoms with Gasteiger partial charge in [0.1, 0.15) is 24.7 Å². The van der Waals surface area contributed by atoms with E-state index in [0.29, 0.717) is 13.2 Å². The van der Waals surface area contributed by atoms with Gasteiger partial charge in [0.05, 0.1) is 5.56 Å². The predicted octanol–water partition coefficient (Wildman–Crippen LogP) is 2.63. The molecule has 0 bridgehead atoms. The second-order valence-corrected chi connectivity index (χ2v) is 6.17. The highest BCUT2D eigenvalue weighted by atomic mass is 16.5. The van der Waals surface area contributed by atoms with Crippen molar-refractivity contribution in [2.45, 2.75) is 0 Å². The molecule has 1 aromatic carbocycles. The first-order valence-electron chi connectivity index (χ1n) is 8.16. The second-order valence-electron chi connectivity index (χ2n) is 6.17. The Labute approximate surface area is 144 Å². The molecular weight excluding hydrogens is 302 g/mol. The van der Waals surface area contributed by atoms with E-state index in [4.69, 9.17) is 9.47 Å². The molecule has 0 unspecified atom stereocenters. The topological polar surface area (TPSA) is 37.8 Å². The Bertz CT molecular complexity index is 583. The van der Waals surface area contributed by atoms with Crippen LogP contribution in [-0.4, -0.2) is 69.3 Å². The molecule has 2 aromatic rings. The third-order valence-electron chi connectivity index (χ3n) is 3.55. The number of ether oxygens (including phenoxy) is 2. The van der Waals surface area contributed by atoms with E-state index in [-0.39, 0.29) is 0 Å². The number of hydrogen-bond donors (Lipinski definition) is 0. The molecule has 1 heterocycles. The zero-order chi connectivity index (χ0) is 17.4. The van der Waals surface area contributed by atoms with E-state index in [2.05, 4.69) is 14.8 Å². The Morgan fingerprint density at radius 3 is 1.75 bits per heavy atom. The summed E-state index contributed by atoms with van der Waals surface area (Å²) in [7, 11) is 8.14. The van der Waals surface area contributed by atoms with Crippen molar-refractivity contribution in [2.75, 3.05) is 54.5 Å². The largest absolute Gasteiger partial charge is 0.491 e. The lowest BCUT2D eigenvalue weighted by molar-refractivity contribution is 0.253. The number of pyridine rings is 1. The number of rotatable bonds is 9. The number of hydrogen-bond acceptors (Lipinski definition) is 5. The van der Waals surface area contributed by atoms with Gasteiger partial charge in [0.15, 0.2) is 0 Å². The molecule has 24 heavy (non-hydrogen) atoms. The van der Waals surface area contributed by atoms with Gasteiger partial charge < -0.3 is 19.3 Å². The first-order valence-corrected chi connectivity index (χ1v) is 8.16. The lowest BCUT2D eigenvalue weighted by Crippen LogP contribution is -2.20. The van der Waals surface area contributed by atoms with Crippen molar-refractivity contribution < 1.29 is 9.47 Å². The predicted molar refractivity (Wildman–Crippen MR) is 97.8 cm³/mol. The van der Waals surface area contributed by atoms with Gasteiger partial charge in [0.25, 0.3) is 0 Å². The van der Waals surface area contributed by atoms with Gasteiger partial charge in [-0.15, -0.1) is 0 Å². The van der Waals surface area contributed by atoms with Crippen LogP contribution in [0.15, 0.2) is 42.7 Å². The maximum atomic E-state index is 6.02. The van der Waals surface area contributed by atoms with Crippen molar-refractivity contribution in [3.05, 3.63) is 42.7 Å².